The molecule has 4 nitrogen and oxygen atoms in total. The summed E-state index contributed by atoms with van der Waals surface area (Å²) in [5, 5.41) is 3.38. The van der Waals surface area contributed by atoms with Gasteiger partial charge in [0.1, 0.15) is 0 Å². The van der Waals surface area contributed by atoms with Crippen molar-refractivity contribution in [3.8, 4) is 0 Å². The highest BCUT2D eigenvalue weighted by Gasteiger charge is 2.12. The van der Waals surface area contributed by atoms with Crippen LogP contribution in [0.2, 0.25) is 0 Å². The molecular weight excluding hydrogens is 224 g/mol. The van der Waals surface area contributed by atoms with Crippen molar-refractivity contribution in [3.63, 3.8) is 0 Å². The van der Waals surface area contributed by atoms with Crippen LogP contribution in [0.1, 0.15) is 17.8 Å². The fraction of sp³-hybridized carbons (Fsp3) is 0.636. The monoisotopic (exact) mass is 242 g/mol. The molecule has 1 saturated heterocycles. The summed E-state index contributed by atoms with van der Waals surface area (Å²) in [6.45, 7) is 8.22. The second-order valence-electron chi connectivity index (χ2n) is 4.04. The zero-order valence-electron chi connectivity index (χ0n) is 9.86. The van der Waals surface area contributed by atoms with E-state index < -0.39 is 0 Å². The Morgan fingerprint density at radius 3 is 2.50 bits per heavy atom. The third-order valence-electron chi connectivity index (χ3n) is 2.59. The number of nitrogens with zero attached hydrogens (tertiary/aromatic N) is 3. The van der Waals surface area contributed by atoms with Crippen LogP contribution >= 0.6 is 12.4 Å². The predicted molar refractivity (Wildman–Crippen MR) is 68.5 cm³/mol. The third kappa shape index (κ3) is 3.32. The summed E-state index contributed by atoms with van der Waals surface area (Å²) in [4.78, 5) is 11.2. The summed E-state index contributed by atoms with van der Waals surface area (Å²) in [7, 11) is 0. The molecule has 0 amide bonds. The summed E-state index contributed by atoms with van der Waals surface area (Å²) in [5.74, 6) is 0.885. The molecule has 0 bridgehead atoms. The van der Waals surface area contributed by atoms with Crippen LogP contribution in [0.4, 0.5) is 5.95 Å². The standard InChI is InChI=1S/C11H18N4.ClH/c1-9-8-10(2)14-11(13-9)15-6-3-4-12-5-7-15;/h8,12H,3-7H2,1-2H3;1H. The van der Waals surface area contributed by atoms with Crippen molar-refractivity contribution in [2.75, 3.05) is 31.1 Å². The Morgan fingerprint density at radius 1 is 1.12 bits per heavy atom. The lowest BCUT2D eigenvalue weighted by Crippen LogP contribution is -2.29. The van der Waals surface area contributed by atoms with Crippen LogP contribution in [0.15, 0.2) is 6.07 Å². The molecule has 1 aromatic heterocycles. The minimum absolute atomic E-state index is 0. The molecule has 0 radical (unpaired) electrons. The number of rotatable bonds is 1. The highest BCUT2D eigenvalue weighted by atomic mass is 35.5. The Hall–Kier alpha value is -0.870. The Balaban J connectivity index is 0.00000128. The lowest BCUT2D eigenvalue weighted by molar-refractivity contribution is 0.724. The number of hydrogen-bond acceptors (Lipinski definition) is 4. The van der Waals surface area contributed by atoms with E-state index in [4.69, 9.17) is 0 Å². The molecule has 90 valence electrons. The van der Waals surface area contributed by atoms with E-state index in [-0.39, 0.29) is 12.4 Å². The Kier molecular flexibility index (Phi) is 4.96. The number of aromatic nitrogens is 2. The van der Waals surface area contributed by atoms with Gasteiger partial charge in [0, 0.05) is 31.0 Å². The first kappa shape index (κ1) is 13.2. The average molecular weight is 243 g/mol. The molecule has 1 aliphatic heterocycles. The molecule has 2 rings (SSSR count). The van der Waals surface area contributed by atoms with Gasteiger partial charge in [-0.2, -0.15) is 0 Å². The van der Waals surface area contributed by atoms with Gasteiger partial charge in [-0.15, -0.1) is 12.4 Å². The van der Waals surface area contributed by atoms with Gasteiger partial charge < -0.3 is 10.2 Å². The van der Waals surface area contributed by atoms with Crippen LogP contribution in [-0.2, 0) is 0 Å². The van der Waals surface area contributed by atoms with E-state index in [1.807, 2.05) is 19.9 Å². The third-order valence-corrected chi connectivity index (χ3v) is 2.59. The molecule has 5 heteroatoms. The van der Waals surface area contributed by atoms with E-state index in [2.05, 4.69) is 20.2 Å². The van der Waals surface area contributed by atoms with Crippen molar-refractivity contribution in [3.05, 3.63) is 17.5 Å². The van der Waals surface area contributed by atoms with Crippen molar-refractivity contribution in [2.45, 2.75) is 20.3 Å². The molecule has 0 aromatic carbocycles. The largest absolute Gasteiger partial charge is 0.339 e. The number of anilines is 1. The molecule has 0 atom stereocenters. The van der Waals surface area contributed by atoms with Gasteiger partial charge in [-0.05, 0) is 32.9 Å². The molecule has 0 unspecified atom stereocenters. The van der Waals surface area contributed by atoms with Crippen LogP contribution in [-0.4, -0.2) is 36.1 Å². The zero-order chi connectivity index (χ0) is 10.7. The molecule has 16 heavy (non-hydrogen) atoms. The smallest absolute Gasteiger partial charge is 0.225 e. The normalized spacial score (nSPS) is 16.5. The molecular formula is C11H19ClN4. The second kappa shape index (κ2) is 6.01. The second-order valence-corrected chi connectivity index (χ2v) is 4.04. The summed E-state index contributed by atoms with van der Waals surface area (Å²) >= 11 is 0. The molecule has 1 fully saturated rings. The molecule has 1 N–H and O–H groups in total. The molecule has 1 aromatic rings. The van der Waals surface area contributed by atoms with Gasteiger partial charge in [-0.3, -0.25) is 0 Å². The highest BCUT2D eigenvalue weighted by molar-refractivity contribution is 5.85. The van der Waals surface area contributed by atoms with Gasteiger partial charge in [0.05, 0.1) is 0 Å². The number of nitrogens with one attached hydrogen (secondary N) is 1. The Bertz CT molecular complexity index is 315. The minimum Gasteiger partial charge on any atom is -0.339 e. The predicted octanol–water partition coefficient (Wildman–Crippen LogP) is 1.31. The summed E-state index contributed by atoms with van der Waals surface area (Å²) in [6, 6.07) is 2.01. The van der Waals surface area contributed by atoms with Gasteiger partial charge in [-0.25, -0.2) is 9.97 Å². The first-order valence-electron chi connectivity index (χ1n) is 5.53. The van der Waals surface area contributed by atoms with Crippen LogP contribution in [0.3, 0.4) is 0 Å². The Morgan fingerprint density at radius 2 is 1.81 bits per heavy atom. The highest BCUT2D eigenvalue weighted by Crippen LogP contribution is 2.10. The maximum atomic E-state index is 4.49. The van der Waals surface area contributed by atoms with Crippen molar-refractivity contribution < 1.29 is 0 Å². The van der Waals surface area contributed by atoms with Crippen LogP contribution in [0.5, 0.6) is 0 Å². The maximum Gasteiger partial charge on any atom is 0.225 e. The molecule has 1 aliphatic rings. The fourth-order valence-electron chi connectivity index (χ4n) is 1.89. The van der Waals surface area contributed by atoms with Gasteiger partial charge in [-0.1, -0.05) is 0 Å². The van der Waals surface area contributed by atoms with E-state index in [0.29, 0.717) is 0 Å². The zero-order valence-corrected chi connectivity index (χ0v) is 10.7. The number of aryl methyl sites for hydroxylation is 2. The van der Waals surface area contributed by atoms with Crippen molar-refractivity contribution in [1.29, 1.82) is 0 Å². The Labute approximate surface area is 103 Å². The van der Waals surface area contributed by atoms with E-state index in [1.165, 1.54) is 0 Å². The van der Waals surface area contributed by atoms with Crippen molar-refractivity contribution >= 4 is 18.4 Å². The van der Waals surface area contributed by atoms with E-state index in [1.54, 1.807) is 0 Å². The lowest BCUT2D eigenvalue weighted by atomic mass is 10.3. The van der Waals surface area contributed by atoms with E-state index in [9.17, 15) is 0 Å². The molecule has 0 saturated carbocycles. The first-order chi connectivity index (χ1) is 7.25. The quantitative estimate of drug-likeness (QED) is 0.807. The number of halogens is 1. The van der Waals surface area contributed by atoms with Gasteiger partial charge in [0.25, 0.3) is 0 Å². The number of hydrogen-bond donors (Lipinski definition) is 1. The SMILES string of the molecule is Cc1cc(C)nc(N2CCCNCC2)n1.Cl. The van der Waals surface area contributed by atoms with Gasteiger partial charge in [0.15, 0.2) is 0 Å². The molecule has 0 spiro atoms. The van der Waals surface area contributed by atoms with Crippen molar-refractivity contribution in [1.82, 2.24) is 15.3 Å². The van der Waals surface area contributed by atoms with Gasteiger partial charge in [0.2, 0.25) is 5.95 Å². The molecule has 2 heterocycles. The lowest BCUT2D eigenvalue weighted by Gasteiger charge is -2.20. The average Bonchev–Trinajstić information content (AvgIpc) is 2.43. The van der Waals surface area contributed by atoms with E-state index >= 15 is 0 Å². The maximum absolute atomic E-state index is 4.49. The minimum atomic E-state index is 0. The summed E-state index contributed by atoms with van der Waals surface area (Å²) < 4.78 is 0. The fourth-order valence-corrected chi connectivity index (χ4v) is 1.89. The van der Waals surface area contributed by atoms with Crippen LogP contribution in [0.25, 0.3) is 0 Å². The summed E-state index contributed by atoms with van der Waals surface area (Å²) in [6.07, 6.45) is 1.16. The van der Waals surface area contributed by atoms with Crippen LogP contribution < -0.4 is 10.2 Å². The van der Waals surface area contributed by atoms with E-state index in [0.717, 1.165) is 49.9 Å². The first-order valence-corrected chi connectivity index (χ1v) is 5.53. The topological polar surface area (TPSA) is 41.1 Å². The van der Waals surface area contributed by atoms with Crippen molar-refractivity contribution in [2.24, 2.45) is 0 Å². The molecule has 0 aliphatic carbocycles. The van der Waals surface area contributed by atoms with Gasteiger partial charge >= 0.3 is 0 Å². The summed E-state index contributed by atoms with van der Waals surface area (Å²) in [5.41, 5.74) is 2.10. The van der Waals surface area contributed by atoms with Crippen LogP contribution in [0, 0.1) is 13.8 Å².